The molecular formula is C16H24BrNO3. The van der Waals surface area contributed by atoms with E-state index in [-0.39, 0.29) is 0 Å². The molecule has 0 aliphatic rings. The molecule has 0 amide bonds. The Morgan fingerprint density at radius 2 is 2.14 bits per heavy atom. The predicted octanol–water partition coefficient (Wildman–Crippen LogP) is 3.54. The fourth-order valence-electron chi connectivity index (χ4n) is 1.81. The van der Waals surface area contributed by atoms with E-state index >= 15 is 0 Å². The van der Waals surface area contributed by atoms with Crippen LogP contribution in [-0.2, 0) is 11.3 Å². The molecule has 0 aliphatic heterocycles. The van der Waals surface area contributed by atoms with Gasteiger partial charge in [-0.2, -0.15) is 0 Å². The molecule has 0 aliphatic carbocycles. The van der Waals surface area contributed by atoms with Crippen molar-refractivity contribution < 1.29 is 14.2 Å². The zero-order valence-corrected chi connectivity index (χ0v) is 14.4. The third-order valence-electron chi connectivity index (χ3n) is 2.80. The summed E-state index contributed by atoms with van der Waals surface area (Å²) >= 11 is 3.52. The van der Waals surface area contributed by atoms with E-state index in [0.717, 1.165) is 47.7 Å². The van der Waals surface area contributed by atoms with Crippen molar-refractivity contribution in [3.8, 4) is 11.5 Å². The molecule has 1 rings (SSSR count). The first-order valence-corrected chi connectivity index (χ1v) is 7.90. The van der Waals surface area contributed by atoms with Gasteiger partial charge in [0, 0.05) is 13.1 Å². The van der Waals surface area contributed by atoms with Crippen LogP contribution in [0.1, 0.15) is 18.9 Å². The number of ether oxygens (including phenoxy) is 3. The third-order valence-corrected chi connectivity index (χ3v) is 3.39. The van der Waals surface area contributed by atoms with Crippen molar-refractivity contribution >= 4 is 15.9 Å². The van der Waals surface area contributed by atoms with E-state index in [1.165, 1.54) is 0 Å². The maximum atomic E-state index is 5.57. The summed E-state index contributed by atoms with van der Waals surface area (Å²) in [6.45, 7) is 9.21. The molecule has 0 spiro atoms. The fourth-order valence-corrected chi connectivity index (χ4v) is 2.41. The van der Waals surface area contributed by atoms with Crippen LogP contribution in [0.25, 0.3) is 0 Å². The third kappa shape index (κ3) is 6.50. The van der Waals surface area contributed by atoms with Gasteiger partial charge in [-0.05, 0) is 47.0 Å². The second-order valence-electron chi connectivity index (χ2n) is 4.41. The molecule has 1 N–H and O–H groups in total. The van der Waals surface area contributed by atoms with Crippen molar-refractivity contribution in [2.45, 2.75) is 19.9 Å². The SMILES string of the molecule is C=CCCOCCNCc1cc(Br)c(OCC)c(OC)c1. The van der Waals surface area contributed by atoms with Crippen LogP contribution in [0.5, 0.6) is 11.5 Å². The first-order chi connectivity index (χ1) is 10.2. The minimum absolute atomic E-state index is 0.606. The first-order valence-electron chi connectivity index (χ1n) is 7.11. The van der Waals surface area contributed by atoms with E-state index in [4.69, 9.17) is 14.2 Å². The summed E-state index contributed by atoms with van der Waals surface area (Å²) in [5.41, 5.74) is 1.13. The summed E-state index contributed by atoms with van der Waals surface area (Å²) in [6.07, 6.45) is 2.75. The summed E-state index contributed by atoms with van der Waals surface area (Å²) in [4.78, 5) is 0. The Bertz CT molecular complexity index is 438. The molecule has 1 aromatic rings. The van der Waals surface area contributed by atoms with E-state index in [2.05, 4.69) is 27.8 Å². The molecule has 1 aromatic carbocycles. The smallest absolute Gasteiger partial charge is 0.175 e. The van der Waals surface area contributed by atoms with Crippen molar-refractivity contribution in [2.75, 3.05) is 33.5 Å². The van der Waals surface area contributed by atoms with E-state index in [1.807, 2.05) is 25.1 Å². The molecular weight excluding hydrogens is 334 g/mol. The van der Waals surface area contributed by atoms with Crippen LogP contribution in [-0.4, -0.2) is 33.5 Å². The highest BCUT2D eigenvalue weighted by Gasteiger charge is 2.10. The van der Waals surface area contributed by atoms with E-state index in [9.17, 15) is 0 Å². The van der Waals surface area contributed by atoms with Gasteiger partial charge in [0.2, 0.25) is 0 Å². The monoisotopic (exact) mass is 357 g/mol. The molecule has 4 nitrogen and oxygen atoms in total. The van der Waals surface area contributed by atoms with Crippen LogP contribution in [0.15, 0.2) is 29.3 Å². The van der Waals surface area contributed by atoms with Crippen LogP contribution in [0.4, 0.5) is 0 Å². The maximum Gasteiger partial charge on any atom is 0.175 e. The topological polar surface area (TPSA) is 39.7 Å². The van der Waals surface area contributed by atoms with E-state index in [0.29, 0.717) is 13.2 Å². The molecule has 0 fully saturated rings. The molecule has 0 saturated heterocycles. The van der Waals surface area contributed by atoms with Gasteiger partial charge in [0.1, 0.15) is 0 Å². The van der Waals surface area contributed by atoms with Gasteiger partial charge in [0.25, 0.3) is 0 Å². The summed E-state index contributed by atoms with van der Waals surface area (Å²) in [6, 6.07) is 4.03. The van der Waals surface area contributed by atoms with Gasteiger partial charge < -0.3 is 19.5 Å². The molecule has 0 radical (unpaired) electrons. The molecule has 0 saturated carbocycles. The number of benzene rings is 1. The molecule has 0 unspecified atom stereocenters. The van der Waals surface area contributed by atoms with Gasteiger partial charge in [-0.3, -0.25) is 0 Å². The number of nitrogens with one attached hydrogen (secondary N) is 1. The summed E-state index contributed by atoms with van der Waals surface area (Å²) in [5.74, 6) is 1.49. The van der Waals surface area contributed by atoms with Crippen LogP contribution >= 0.6 is 15.9 Å². The van der Waals surface area contributed by atoms with Crippen LogP contribution in [0, 0.1) is 0 Å². The quantitative estimate of drug-likeness (QED) is 0.485. The highest BCUT2D eigenvalue weighted by Crippen LogP contribution is 2.36. The number of halogens is 1. The Kier molecular flexibility index (Phi) is 9.14. The predicted molar refractivity (Wildman–Crippen MR) is 89.2 cm³/mol. The molecule has 118 valence electrons. The summed E-state index contributed by atoms with van der Waals surface area (Å²) < 4.78 is 17.3. The van der Waals surface area contributed by atoms with Gasteiger partial charge in [0.05, 0.1) is 31.4 Å². The minimum Gasteiger partial charge on any atom is -0.493 e. The van der Waals surface area contributed by atoms with Gasteiger partial charge in [-0.25, -0.2) is 0 Å². The van der Waals surface area contributed by atoms with Crippen molar-refractivity contribution in [2.24, 2.45) is 0 Å². The number of rotatable bonds is 11. The highest BCUT2D eigenvalue weighted by molar-refractivity contribution is 9.10. The first kappa shape index (κ1) is 18.0. The Hall–Kier alpha value is -1.04. The summed E-state index contributed by atoms with van der Waals surface area (Å²) in [5, 5.41) is 3.34. The van der Waals surface area contributed by atoms with Crippen molar-refractivity contribution in [3.63, 3.8) is 0 Å². The number of methoxy groups -OCH3 is 1. The maximum absolute atomic E-state index is 5.57. The highest BCUT2D eigenvalue weighted by atomic mass is 79.9. The lowest BCUT2D eigenvalue weighted by atomic mass is 10.2. The molecule has 0 aromatic heterocycles. The zero-order valence-electron chi connectivity index (χ0n) is 12.8. The Labute approximate surface area is 135 Å². The molecule has 21 heavy (non-hydrogen) atoms. The number of hydrogen-bond donors (Lipinski definition) is 1. The zero-order chi connectivity index (χ0) is 15.5. The van der Waals surface area contributed by atoms with Crippen LogP contribution < -0.4 is 14.8 Å². The lowest BCUT2D eigenvalue weighted by Gasteiger charge is -2.13. The van der Waals surface area contributed by atoms with Gasteiger partial charge in [0.15, 0.2) is 11.5 Å². The average Bonchev–Trinajstić information content (AvgIpc) is 2.48. The minimum atomic E-state index is 0.606. The van der Waals surface area contributed by atoms with Gasteiger partial charge >= 0.3 is 0 Å². The Morgan fingerprint density at radius 1 is 1.33 bits per heavy atom. The van der Waals surface area contributed by atoms with E-state index < -0.39 is 0 Å². The number of hydrogen-bond acceptors (Lipinski definition) is 4. The fraction of sp³-hybridized carbons (Fsp3) is 0.500. The standard InChI is InChI=1S/C16H24BrNO3/c1-4-6-8-20-9-7-18-12-13-10-14(17)16(21-5-2)15(11-13)19-3/h4,10-11,18H,1,5-9,12H2,2-3H3. The van der Waals surface area contributed by atoms with Gasteiger partial charge in [-0.15, -0.1) is 6.58 Å². The average molecular weight is 358 g/mol. The molecule has 0 heterocycles. The Balaban J connectivity index is 2.45. The molecule has 0 bridgehead atoms. The second kappa shape index (κ2) is 10.7. The second-order valence-corrected chi connectivity index (χ2v) is 5.26. The largest absolute Gasteiger partial charge is 0.493 e. The van der Waals surface area contributed by atoms with E-state index in [1.54, 1.807) is 7.11 Å². The van der Waals surface area contributed by atoms with Crippen LogP contribution in [0.3, 0.4) is 0 Å². The van der Waals surface area contributed by atoms with Crippen LogP contribution in [0.2, 0.25) is 0 Å². The molecule has 5 heteroatoms. The van der Waals surface area contributed by atoms with Crippen molar-refractivity contribution in [3.05, 3.63) is 34.8 Å². The van der Waals surface area contributed by atoms with Gasteiger partial charge in [-0.1, -0.05) is 6.08 Å². The van der Waals surface area contributed by atoms with Crippen molar-refractivity contribution in [1.29, 1.82) is 0 Å². The lowest BCUT2D eigenvalue weighted by molar-refractivity contribution is 0.140. The molecule has 0 atom stereocenters. The normalized spacial score (nSPS) is 10.4. The van der Waals surface area contributed by atoms with Crippen molar-refractivity contribution in [1.82, 2.24) is 5.32 Å². The lowest BCUT2D eigenvalue weighted by Crippen LogP contribution is -2.19. The summed E-state index contributed by atoms with van der Waals surface area (Å²) in [7, 11) is 1.65. The Morgan fingerprint density at radius 3 is 2.81 bits per heavy atom.